The van der Waals surface area contributed by atoms with Crippen molar-refractivity contribution < 1.29 is 13.2 Å². The molecule has 2 unspecified atom stereocenters. The van der Waals surface area contributed by atoms with Crippen LogP contribution < -0.4 is 10.0 Å². The number of amides is 1. The third-order valence-electron chi connectivity index (χ3n) is 4.44. The molecular formula is C16H23ClN4O3S. The lowest BCUT2D eigenvalue weighted by atomic mass is 10.2. The number of nitrogens with one attached hydrogen (secondary N) is 2. The third kappa shape index (κ3) is 3.80. The van der Waals surface area contributed by atoms with Crippen molar-refractivity contribution in [2.75, 3.05) is 20.1 Å². The van der Waals surface area contributed by atoms with Gasteiger partial charge in [-0.3, -0.25) is 14.5 Å². The van der Waals surface area contributed by atoms with Crippen LogP contribution in [0.4, 0.5) is 0 Å². The maximum atomic E-state index is 12.7. The highest BCUT2D eigenvalue weighted by Gasteiger charge is 2.34. The first-order chi connectivity index (χ1) is 11.4. The van der Waals surface area contributed by atoms with Gasteiger partial charge in [-0.1, -0.05) is 12.1 Å². The molecule has 2 heterocycles. The van der Waals surface area contributed by atoms with Gasteiger partial charge in [0.25, 0.3) is 10.0 Å². The van der Waals surface area contributed by atoms with Crippen LogP contribution in [0.3, 0.4) is 0 Å². The SMILES string of the molecule is CNCC1CCCN1C(=O)C(C)N=C1NS(=O)(=O)c2ccccc21.Cl. The summed E-state index contributed by atoms with van der Waals surface area (Å²) in [5.74, 6) is 0.180. The van der Waals surface area contributed by atoms with E-state index in [-0.39, 0.29) is 35.1 Å². The molecule has 2 aliphatic rings. The average molecular weight is 387 g/mol. The van der Waals surface area contributed by atoms with Crippen molar-refractivity contribution >= 4 is 34.2 Å². The highest BCUT2D eigenvalue weighted by molar-refractivity contribution is 7.90. The summed E-state index contributed by atoms with van der Waals surface area (Å²) in [6, 6.07) is 6.21. The van der Waals surface area contributed by atoms with Crippen LogP contribution in [0.5, 0.6) is 0 Å². The number of halogens is 1. The third-order valence-corrected chi connectivity index (χ3v) is 5.84. The van der Waals surface area contributed by atoms with Gasteiger partial charge >= 0.3 is 0 Å². The summed E-state index contributed by atoms with van der Waals surface area (Å²) >= 11 is 0. The maximum Gasteiger partial charge on any atom is 0.263 e. The second kappa shape index (κ2) is 7.72. The molecule has 2 N–H and O–H groups in total. The molecule has 1 aromatic rings. The second-order valence-corrected chi connectivity index (χ2v) is 7.79. The first-order valence-electron chi connectivity index (χ1n) is 8.09. The molecule has 3 rings (SSSR count). The van der Waals surface area contributed by atoms with Crippen LogP contribution in [0.25, 0.3) is 0 Å². The molecule has 1 saturated heterocycles. The van der Waals surface area contributed by atoms with Crippen LogP contribution in [0.2, 0.25) is 0 Å². The Labute approximate surface area is 154 Å². The number of hydrogen-bond acceptors (Lipinski definition) is 5. The van der Waals surface area contributed by atoms with Gasteiger partial charge in [0.1, 0.15) is 11.9 Å². The molecule has 0 bridgehead atoms. The highest BCUT2D eigenvalue weighted by Crippen LogP contribution is 2.23. The normalized spacial score (nSPS) is 23.7. The Kier molecular flexibility index (Phi) is 6.08. The van der Waals surface area contributed by atoms with Gasteiger partial charge in [-0.15, -0.1) is 12.4 Å². The van der Waals surface area contributed by atoms with Crippen molar-refractivity contribution in [1.29, 1.82) is 0 Å². The molecule has 1 aromatic carbocycles. The zero-order valence-corrected chi connectivity index (χ0v) is 15.9. The van der Waals surface area contributed by atoms with E-state index >= 15 is 0 Å². The fourth-order valence-electron chi connectivity index (χ4n) is 3.29. The lowest BCUT2D eigenvalue weighted by Crippen LogP contribution is -2.44. The number of hydrogen-bond donors (Lipinski definition) is 2. The highest BCUT2D eigenvalue weighted by atomic mass is 35.5. The molecule has 2 atom stereocenters. The van der Waals surface area contributed by atoms with Gasteiger partial charge in [-0.25, -0.2) is 8.42 Å². The summed E-state index contributed by atoms with van der Waals surface area (Å²) < 4.78 is 26.7. The molecule has 1 fully saturated rings. The fourth-order valence-corrected chi connectivity index (χ4v) is 4.53. The van der Waals surface area contributed by atoms with Crippen LogP contribution >= 0.6 is 12.4 Å². The van der Waals surface area contributed by atoms with E-state index in [4.69, 9.17) is 0 Å². The summed E-state index contributed by atoms with van der Waals surface area (Å²) in [6.07, 6.45) is 1.96. The quantitative estimate of drug-likeness (QED) is 0.798. The van der Waals surface area contributed by atoms with Crippen LogP contribution in [0, 0.1) is 0 Å². The molecule has 138 valence electrons. The Morgan fingerprint density at radius 2 is 2.16 bits per heavy atom. The van der Waals surface area contributed by atoms with E-state index in [9.17, 15) is 13.2 Å². The minimum absolute atomic E-state index is 0. The number of benzene rings is 1. The number of carbonyl (C=O) groups is 1. The number of sulfonamides is 1. The number of likely N-dealkylation sites (N-methyl/N-ethyl adjacent to an activating group) is 1. The predicted octanol–water partition coefficient (Wildman–Crippen LogP) is 0.746. The summed E-state index contributed by atoms with van der Waals surface area (Å²) in [5.41, 5.74) is 0.519. The number of carbonyl (C=O) groups excluding carboxylic acids is 1. The van der Waals surface area contributed by atoms with Gasteiger partial charge in [0, 0.05) is 24.7 Å². The molecular weight excluding hydrogens is 364 g/mol. The smallest absolute Gasteiger partial charge is 0.263 e. The van der Waals surface area contributed by atoms with E-state index in [1.165, 1.54) is 6.07 Å². The first-order valence-corrected chi connectivity index (χ1v) is 9.57. The zero-order chi connectivity index (χ0) is 17.3. The Balaban J connectivity index is 0.00000225. The van der Waals surface area contributed by atoms with Gasteiger partial charge in [-0.2, -0.15) is 0 Å². The molecule has 0 spiro atoms. The first kappa shape index (κ1) is 19.7. The number of nitrogens with zero attached hydrogens (tertiary/aromatic N) is 2. The number of rotatable bonds is 4. The maximum absolute atomic E-state index is 12.7. The molecule has 25 heavy (non-hydrogen) atoms. The topological polar surface area (TPSA) is 90.9 Å². The standard InChI is InChI=1S/C16H22N4O3S.ClH/c1-11(16(21)20-9-5-6-12(20)10-17-2)18-15-13-7-3-4-8-14(13)24(22,23)19-15;/h3-4,7-8,11-12,17H,5-6,9-10H2,1-2H3,(H,18,19);1H. The van der Waals surface area contributed by atoms with Crippen molar-refractivity contribution in [3.8, 4) is 0 Å². The van der Waals surface area contributed by atoms with Gasteiger partial charge in [0.05, 0.1) is 4.90 Å². The van der Waals surface area contributed by atoms with Crippen molar-refractivity contribution in [3.05, 3.63) is 29.8 Å². The van der Waals surface area contributed by atoms with E-state index in [1.807, 2.05) is 11.9 Å². The number of amidine groups is 1. The number of fused-ring (bicyclic) bond motifs is 1. The minimum Gasteiger partial charge on any atom is -0.337 e. The Hall–Kier alpha value is -1.64. The van der Waals surface area contributed by atoms with Gasteiger partial charge in [0.15, 0.2) is 0 Å². The largest absolute Gasteiger partial charge is 0.337 e. The Morgan fingerprint density at radius 1 is 1.44 bits per heavy atom. The predicted molar refractivity (Wildman–Crippen MR) is 98.7 cm³/mol. The molecule has 9 heteroatoms. The van der Waals surface area contributed by atoms with E-state index in [0.717, 1.165) is 25.9 Å². The van der Waals surface area contributed by atoms with Crippen molar-refractivity contribution in [2.45, 2.75) is 36.7 Å². The number of likely N-dealkylation sites (tertiary alicyclic amines) is 1. The summed E-state index contributed by atoms with van der Waals surface area (Å²) in [6.45, 7) is 3.19. The zero-order valence-electron chi connectivity index (χ0n) is 14.2. The van der Waals surface area contributed by atoms with Gasteiger partial charge < -0.3 is 10.2 Å². The summed E-state index contributed by atoms with van der Waals surface area (Å²) in [4.78, 5) is 19.1. The van der Waals surface area contributed by atoms with Crippen LogP contribution in [0.15, 0.2) is 34.2 Å². The van der Waals surface area contributed by atoms with E-state index in [0.29, 0.717) is 5.56 Å². The Bertz CT molecular complexity index is 781. The van der Waals surface area contributed by atoms with Crippen LogP contribution in [-0.4, -0.2) is 57.3 Å². The average Bonchev–Trinajstić information content (AvgIpc) is 3.11. The van der Waals surface area contributed by atoms with Crippen molar-refractivity contribution in [2.24, 2.45) is 4.99 Å². The molecule has 7 nitrogen and oxygen atoms in total. The molecule has 2 aliphatic heterocycles. The van der Waals surface area contributed by atoms with E-state index < -0.39 is 16.1 Å². The second-order valence-electron chi connectivity index (χ2n) is 6.14. The fraction of sp³-hybridized carbons (Fsp3) is 0.500. The Morgan fingerprint density at radius 3 is 2.88 bits per heavy atom. The van der Waals surface area contributed by atoms with Gasteiger partial charge in [0.2, 0.25) is 5.91 Å². The van der Waals surface area contributed by atoms with Crippen LogP contribution in [-0.2, 0) is 14.8 Å². The summed E-state index contributed by atoms with van der Waals surface area (Å²) in [7, 11) is -1.71. The molecule has 0 saturated carbocycles. The van der Waals surface area contributed by atoms with Crippen molar-refractivity contribution in [3.63, 3.8) is 0 Å². The molecule has 0 aliphatic carbocycles. The number of aliphatic imine (C=N–C) groups is 1. The van der Waals surface area contributed by atoms with Crippen LogP contribution in [0.1, 0.15) is 25.3 Å². The van der Waals surface area contributed by atoms with Crippen molar-refractivity contribution in [1.82, 2.24) is 14.9 Å². The minimum atomic E-state index is -3.58. The van der Waals surface area contributed by atoms with Gasteiger partial charge in [-0.05, 0) is 38.9 Å². The lowest BCUT2D eigenvalue weighted by Gasteiger charge is -2.26. The molecule has 1 amide bonds. The monoisotopic (exact) mass is 386 g/mol. The molecule has 0 radical (unpaired) electrons. The summed E-state index contributed by atoms with van der Waals surface area (Å²) in [5, 5.41) is 3.11. The van der Waals surface area contributed by atoms with E-state index in [2.05, 4.69) is 15.0 Å². The lowest BCUT2D eigenvalue weighted by molar-refractivity contribution is -0.132. The van der Waals surface area contributed by atoms with E-state index in [1.54, 1.807) is 25.1 Å². The molecule has 0 aromatic heterocycles.